The highest BCUT2D eigenvalue weighted by atomic mass is 16.6. The molecule has 7 aliphatic carbocycles. The third kappa shape index (κ3) is 11.4. The molecule has 79 heavy (non-hydrogen) atoms. The van der Waals surface area contributed by atoms with Crippen LogP contribution in [0, 0.1) is 40.9 Å². The number of amides is 3. The van der Waals surface area contributed by atoms with Crippen molar-refractivity contribution < 1.29 is 22.0 Å². The maximum absolute atomic E-state index is 12.0. The van der Waals surface area contributed by atoms with E-state index in [0.717, 1.165) is 107 Å². The first kappa shape index (κ1) is 54.8. The predicted molar refractivity (Wildman–Crippen MR) is 320 cm³/mol. The summed E-state index contributed by atoms with van der Waals surface area (Å²) < 4.78 is 5.16. The van der Waals surface area contributed by atoms with E-state index in [1.807, 2.05) is 11.8 Å². The van der Waals surface area contributed by atoms with E-state index < -0.39 is 0 Å². The van der Waals surface area contributed by atoms with Gasteiger partial charge in [-0.3, -0.25) is 9.59 Å². The van der Waals surface area contributed by atoms with Crippen LogP contribution in [0.5, 0.6) is 0 Å². The maximum atomic E-state index is 12.0. The number of ether oxygens (including phenoxy) is 1. The molecule has 10 nitrogen and oxygen atoms in total. The lowest BCUT2D eigenvalue weighted by Crippen LogP contribution is -2.49. The van der Waals surface area contributed by atoms with Crippen molar-refractivity contribution >= 4 is 17.9 Å². The molecule has 10 heteroatoms. The fraction of sp³-hybridized carbons (Fsp3) is 0.638. The van der Waals surface area contributed by atoms with Crippen LogP contribution in [0.1, 0.15) is 172 Å². The number of hydrogen-bond acceptors (Lipinski definition) is 7. The van der Waals surface area contributed by atoms with Crippen LogP contribution in [-0.2, 0) is 37.0 Å². The first-order valence-corrected chi connectivity index (χ1v) is 31.6. The second-order valence-electron chi connectivity index (χ2n) is 27.5. The van der Waals surface area contributed by atoms with Crippen molar-refractivity contribution in [2.45, 2.75) is 159 Å². The SMILES string of the molecule is C1=C[C@H]2C[C@H]1C[C@H]2CN1CCC2(CCc3ccccc32)CC1.CC(=O)NC1CC2(CCN(CC3CC4C=CC3C4)CC2)c2ccccc21.CCOC(=O)N1CCC(C)(CN2CCC3(CC2)C[C@H](NC(C)=O)c2ccccc23)CC1.[HH].[HH]. The van der Waals surface area contributed by atoms with Gasteiger partial charge in [0.05, 0.1) is 18.7 Å². The number of piperidine rings is 4. The van der Waals surface area contributed by atoms with Crippen LogP contribution in [0.3, 0.4) is 0 Å². The summed E-state index contributed by atoms with van der Waals surface area (Å²) in [6.45, 7) is 20.5. The summed E-state index contributed by atoms with van der Waals surface area (Å²) in [5.74, 6) is 5.55. The van der Waals surface area contributed by atoms with Gasteiger partial charge in [0.1, 0.15) is 0 Å². The van der Waals surface area contributed by atoms with Gasteiger partial charge in [-0.05, 0) is 229 Å². The van der Waals surface area contributed by atoms with Crippen molar-refractivity contribution in [2.75, 3.05) is 78.6 Å². The van der Waals surface area contributed by atoms with Crippen LogP contribution >= 0.6 is 0 Å². The van der Waals surface area contributed by atoms with E-state index in [2.05, 4.69) is 129 Å². The zero-order chi connectivity index (χ0) is 54.4. The fourth-order valence-corrected chi connectivity index (χ4v) is 18.2. The third-order valence-electron chi connectivity index (χ3n) is 22.6. The van der Waals surface area contributed by atoms with Crippen molar-refractivity contribution in [3.63, 3.8) is 0 Å². The molecule has 4 bridgehead atoms. The monoisotopic (exact) mass is 1070 g/mol. The molecule has 0 radical (unpaired) electrons. The molecule has 4 heterocycles. The van der Waals surface area contributed by atoms with Crippen LogP contribution in [0.4, 0.5) is 4.79 Å². The molecule has 3 aromatic carbocycles. The zero-order valence-corrected chi connectivity index (χ0v) is 48.6. The molecule has 4 aliphatic heterocycles. The number of aryl methyl sites for hydroxylation is 1. The molecule has 8 atom stereocenters. The summed E-state index contributed by atoms with van der Waals surface area (Å²) in [5.41, 5.74) is 10.2. The molecular formula is C69H98N6O4. The Bertz CT molecular complexity index is 2730. The summed E-state index contributed by atoms with van der Waals surface area (Å²) in [7, 11) is 0. The Kier molecular flexibility index (Phi) is 15.9. The smallest absolute Gasteiger partial charge is 0.409 e. The topological polar surface area (TPSA) is 97.5 Å². The van der Waals surface area contributed by atoms with Crippen LogP contribution in [0.25, 0.3) is 0 Å². The van der Waals surface area contributed by atoms with Crippen molar-refractivity contribution in [3.8, 4) is 0 Å². The largest absolute Gasteiger partial charge is 0.450 e. The van der Waals surface area contributed by atoms with Crippen LogP contribution < -0.4 is 10.6 Å². The van der Waals surface area contributed by atoms with Crippen LogP contribution in [0.2, 0.25) is 0 Å². The number of likely N-dealkylation sites (tertiary alicyclic amines) is 4. The van der Waals surface area contributed by atoms with E-state index in [4.69, 9.17) is 4.74 Å². The van der Waals surface area contributed by atoms with E-state index in [0.29, 0.717) is 12.0 Å². The van der Waals surface area contributed by atoms with E-state index >= 15 is 0 Å². The highest BCUT2D eigenvalue weighted by molar-refractivity contribution is 5.74. The first-order valence-electron chi connectivity index (χ1n) is 31.6. The standard InChI is InChI=1S/C25H37N3O3.C23H30N2O.C21H27N.2H2/c1-4-31-23(30)28-15-9-24(3,10-16-28)18-27-13-11-25(12-14-27)17-22(26-19(2)29)20-7-5-6-8-21(20)25;1-16(26)24-22-14-23(21-5-3-2-4-20(21)22)8-10-25(11-9-23)15-19-13-17-6-7-18(19)12-17;1-2-4-20-17(3-1)7-8-21(20)9-11-22(12-10-21)15-19-14-16-5-6-18(19)13-16;;/h5-8,22H,4,9-18H2,1-3H3,(H,26,29);2-7,17-19,22H,8-15H2,1H3,(H,24,26);1-6,16,18-19H,7-15H2;2*1H/t22-;;16-,18-,19-;;/m0.0../s1. The Morgan fingerprint density at radius 1 is 0.544 bits per heavy atom. The van der Waals surface area contributed by atoms with Crippen LogP contribution in [-0.4, -0.2) is 116 Å². The Balaban J connectivity index is 0.000000136. The molecule has 3 amide bonds. The maximum Gasteiger partial charge on any atom is 0.409 e. The third-order valence-corrected chi connectivity index (χ3v) is 22.6. The molecule has 11 aliphatic rings. The van der Waals surface area contributed by atoms with Crippen molar-refractivity contribution in [3.05, 3.63) is 130 Å². The lowest BCUT2D eigenvalue weighted by molar-refractivity contribution is -0.120. The fourth-order valence-electron chi connectivity index (χ4n) is 18.2. The quantitative estimate of drug-likeness (QED) is 0.206. The summed E-state index contributed by atoms with van der Waals surface area (Å²) in [5, 5.41) is 6.38. The minimum Gasteiger partial charge on any atom is -0.450 e. The molecule has 2 N–H and O–H groups in total. The minimum atomic E-state index is -0.168. The number of nitrogens with one attached hydrogen (secondary N) is 2. The average molecular weight is 1080 g/mol. The number of carbonyl (C=O) groups excluding carboxylic acids is 3. The number of fused-ring (bicyclic) bond motifs is 10. The Morgan fingerprint density at radius 3 is 1.46 bits per heavy atom. The second-order valence-corrected chi connectivity index (χ2v) is 27.5. The van der Waals surface area contributed by atoms with Gasteiger partial charge in [0, 0.05) is 60.3 Å². The predicted octanol–water partition coefficient (Wildman–Crippen LogP) is 12.3. The van der Waals surface area contributed by atoms with Gasteiger partial charge in [0.2, 0.25) is 11.8 Å². The Hall–Kier alpha value is -4.77. The van der Waals surface area contributed by atoms with Gasteiger partial charge in [0.25, 0.3) is 0 Å². The molecule has 6 fully saturated rings. The molecule has 14 rings (SSSR count). The van der Waals surface area contributed by atoms with Gasteiger partial charge in [-0.25, -0.2) is 4.79 Å². The van der Waals surface area contributed by atoms with Gasteiger partial charge >= 0.3 is 6.09 Å². The van der Waals surface area contributed by atoms with Gasteiger partial charge < -0.3 is 35.0 Å². The number of hydrogen-bond donors (Lipinski definition) is 2. The molecule has 0 aromatic heterocycles. The normalized spacial score (nSPS) is 30.8. The number of rotatable bonds is 9. The average Bonchev–Trinajstić information content (AvgIpc) is 4.54. The van der Waals surface area contributed by atoms with E-state index in [9.17, 15) is 14.4 Å². The molecule has 2 saturated carbocycles. The highest BCUT2D eigenvalue weighted by Crippen LogP contribution is 2.54. The molecule has 428 valence electrons. The van der Waals surface area contributed by atoms with E-state index in [1.54, 1.807) is 25.0 Å². The Labute approximate surface area is 476 Å². The summed E-state index contributed by atoms with van der Waals surface area (Å²) in [6, 6.07) is 27.1. The van der Waals surface area contributed by atoms with Crippen LogP contribution in [0.15, 0.2) is 97.1 Å². The molecule has 4 unspecified atom stereocenters. The van der Waals surface area contributed by atoms with Crippen molar-refractivity contribution in [2.24, 2.45) is 40.9 Å². The van der Waals surface area contributed by atoms with Gasteiger partial charge in [-0.1, -0.05) is 104 Å². The lowest BCUT2D eigenvalue weighted by Gasteiger charge is -2.46. The molecular weight excluding hydrogens is 977 g/mol. The van der Waals surface area contributed by atoms with Gasteiger partial charge in [-0.2, -0.15) is 0 Å². The summed E-state index contributed by atoms with van der Waals surface area (Å²) in [4.78, 5) is 45.4. The van der Waals surface area contributed by atoms with Crippen molar-refractivity contribution in [1.82, 2.24) is 30.2 Å². The summed E-state index contributed by atoms with van der Waals surface area (Å²) >= 11 is 0. The summed E-state index contributed by atoms with van der Waals surface area (Å²) in [6.07, 6.45) is 29.9. The van der Waals surface area contributed by atoms with E-state index in [-0.39, 0.29) is 49.1 Å². The minimum absolute atomic E-state index is 0. The number of allylic oxidation sites excluding steroid dienone is 4. The first-order chi connectivity index (χ1) is 38.3. The number of benzene rings is 3. The molecule has 4 saturated heterocycles. The molecule has 3 aromatic rings. The van der Waals surface area contributed by atoms with Gasteiger partial charge in [-0.15, -0.1) is 0 Å². The number of carbonyl (C=O) groups is 3. The highest BCUT2D eigenvalue weighted by Gasteiger charge is 2.49. The van der Waals surface area contributed by atoms with Gasteiger partial charge in [0.15, 0.2) is 0 Å². The number of nitrogens with zero attached hydrogens (tertiary/aromatic N) is 4. The zero-order valence-electron chi connectivity index (χ0n) is 48.6. The van der Waals surface area contributed by atoms with E-state index in [1.165, 1.54) is 126 Å². The lowest BCUT2D eigenvalue weighted by atomic mass is 9.72. The second kappa shape index (κ2) is 22.9. The Morgan fingerprint density at radius 2 is 1.00 bits per heavy atom. The molecule has 3 spiro atoms. The van der Waals surface area contributed by atoms with Crippen molar-refractivity contribution in [1.29, 1.82) is 0 Å².